The molecule has 400 valence electrons. The molecule has 0 radical (unpaired) electrons. The third-order valence-corrected chi connectivity index (χ3v) is 14.7. The second-order valence-electron chi connectivity index (χ2n) is 19.8. The summed E-state index contributed by atoms with van der Waals surface area (Å²) in [5, 5.41) is 31.6. The highest BCUT2D eigenvalue weighted by atomic mass is 35.5. The fraction of sp³-hybridized carbons (Fsp3) is 0.276. The van der Waals surface area contributed by atoms with E-state index in [0.29, 0.717) is 47.4 Å². The zero-order valence-corrected chi connectivity index (χ0v) is 43.6. The molecular weight excluding hydrogens is 1030 g/mol. The Morgan fingerprint density at radius 1 is 0.519 bits per heavy atom. The van der Waals surface area contributed by atoms with Gasteiger partial charge in [-0.05, 0) is 153 Å². The van der Waals surface area contributed by atoms with Crippen LogP contribution in [0.2, 0.25) is 5.28 Å². The van der Waals surface area contributed by atoms with Crippen LogP contribution in [0.1, 0.15) is 61.7 Å². The van der Waals surface area contributed by atoms with Gasteiger partial charge in [0.2, 0.25) is 11.2 Å². The normalized spacial score (nSPS) is 19.0. The number of benzene rings is 2. The van der Waals surface area contributed by atoms with Crippen molar-refractivity contribution in [1.82, 2.24) is 64.4 Å². The van der Waals surface area contributed by atoms with E-state index in [1.54, 1.807) is 59.6 Å². The van der Waals surface area contributed by atoms with Gasteiger partial charge in [0.1, 0.15) is 34.7 Å². The molecule has 0 spiro atoms. The van der Waals surface area contributed by atoms with Crippen molar-refractivity contribution in [2.75, 3.05) is 54.0 Å². The molecule has 21 heteroatoms. The first-order valence-electron chi connectivity index (χ1n) is 26.5. The summed E-state index contributed by atoms with van der Waals surface area (Å²) in [5.74, 6) is 1.78. The third kappa shape index (κ3) is 11.3. The van der Waals surface area contributed by atoms with E-state index in [9.17, 15) is 13.9 Å². The minimum atomic E-state index is -0.351. The molecule has 0 unspecified atom stereocenters. The van der Waals surface area contributed by atoms with Crippen LogP contribution < -0.4 is 20.0 Å². The number of fused-ring (bicyclic) bond motifs is 2. The Morgan fingerprint density at radius 3 is 1.54 bits per heavy atom. The Bertz CT molecular complexity index is 3760. The Morgan fingerprint density at radius 2 is 1.05 bits per heavy atom. The van der Waals surface area contributed by atoms with Gasteiger partial charge in [-0.1, -0.05) is 36.4 Å². The highest BCUT2D eigenvalue weighted by Crippen LogP contribution is 2.38. The van der Waals surface area contributed by atoms with Crippen LogP contribution in [0.3, 0.4) is 0 Å². The van der Waals surface area contributed by atoms with E-state index < -0.39 is 0 Å². The molecule has 0 aliphatic carbocycles. The average molecular weight is 1080 g/mol. The van der Waals surface area contributed by atoms with E-state index in [4.69, 9.17) is 41.9 Å². The lowest BCUT2D eigenvalue weighted by molar-refractivity contribution is 0.196. The second kappa shape index (κ2) is 22.9. The SMILES string of the molecule is Fc1cccc([C@H]2CCCN2c2ccc3ncc(-c4cccc(-c5ccnc(Cl)n5)n4)n3n2)c1.O[C@@H]1CCN(c2nccc(-c3cccc(-c4cnc5ccc(N6CCC[C@@H]6c6cccc(F)c6)nn45)n3)n2)C1.O[C@@H]1CCNC1. The van der Waals surface area contributed by atoms with E-state index in [1.807, 2.05) is 88.3 Å². The topological polar surface area (TPSA) is 200 Å². The number of nitrogens with zero attached hydrogens (tertiary/aromatic N) is 15. The van der Waals surface area contributed by atoms with Crippen LogP contribution in [0, 0.1) is 11.6 Å². The number of β-amino-alcohol motifs (C(OH)–C–C–N with tert-alkyl or cyclic N) is 2. The number of hydrogen-bond acceptors (Lipinski definition) is 16. The number of aliphatic hydroxyl groups excluding tert-OH is 2. The molecule has 18 nitrogen and oxygen atoms in total. The fourth-order valence-electron chi connectivity index (χ4n) is 10.7. The summed E-state index contributed by atoms with van der Waals surface area (Å²) >= 11 is 5.96. The third-order valence-electron chi connectivity index (χ3n) is 14.6. The van der Waals surface area contributed by atoms with E-state index in [2.05, 4.69) is 40.0 Å². The summed E-state index contributed by atoms with van der Waals surface area (Å²) in [5.41, 5.74) is 9.08. The van der Waals surface area contributed by atoms with E-state index in [1.165, 1.54) is 12.1 Å². The summed E-state index contributed by atoms with van der Waals surface area (Å²) in [7, 11) is 0. The molecule has 79 heavy (non-hydrogen) atoms. The molecular formula is C58H55ClF2N16O2. The first kappa shape index (κ1) is 51.3. The Hall–Kier alpha value is -8.43. The number of halogens is 3. The first-order chi connectivity index (χ1) is 38.7. The number of anilines is 3. The Balaban J connectivity index is 0.000000144. The Labute approximate surface area is 458 Å². The highest BCUT2D eigenvalue weighted by Gasteiger charge is 2.30. The maximum absolute atomic E-state index is 14.0. The standard InChI is InChI=1S/C29H27FN8O.C25H19ClFN7.C4H9NO/c30-20-5-1-4-19(16-20)25-8-3-14-37(25)28-10-9-27-32-17-26(38(27)35-28)24-7-2-6-22(33-24)23-11-13-31-29(34-23)36-15-12-21(39)18-36;26-25-28-12-11-19(31-25)18-6-2-7-20(30-18)22-15-29-23-9-10-24(32-34(22)23)33-13-3-8-21(33)16-4-1-5-17(27)14-16;6-4-1-2-5-3-4/h1-2,4-7,9-11,13,16-17,21,25,39H,3,8,12,14-15,18H2;1-2,4-7,9-12,14-15,21H,3,8,13H2;4-6H,1-3H2/t21-,25-;21-;4-/m111/s1. The van der Waals surface area contributed by atoms with Crippen LogP contribution >= 0.6 is 11.6 Å². The summed E-state index contributed by atoms with van der Waals surface area (Å²) in [6, 6.07) is 36.8. The molecule has 4 atom stereocenters. The van der Waals surface area contributed by atoms with Gasteiger partial charge in [0.25, 0.3) is 0 Å². The molecule has 0 saturated carbocycles. The number of imidazole rings is 2. The molecule has 10 aromatic rings. The molecule has 8 aromatic heterocycles. The van der Waals surface area contributed by atoms with Crippen molar-refractivity contribution in [2.45, 2.75) is 62.8 Å². The van der Waals surface area contributed by atoms with Gasteiger partial charge in [-0.15, -0.1) is 10.2 Å². The van der Waals surface area contributed by atoms with Crippen LogP contribution in [-0.4, -0.2) is 121 Å². The number of pyridine rings is 2. The number of rotatable bonds is 9. The van der Waals surface area contributed by atoms with Gasteiger partial charge in [-0.2, -0.15) is 0 Å². The quantitative estimate of drug-likeness (QED) is 0.116. The summed E-state index contributed by atoms with van der Waals surface area (Å²) in [4.78, 5) is 42.5. The van der Waals surface area contributed by atoms with Crippen molar-refractivity contribution in [1.29, 1.82) is 0 Å². The van der Waals surface area contributed by atoms with Crippen LogP contribution in [0.15, 0.2) is 146 Å². The molecule has 4 saturated heterocycles. The molecule has 0 bridgehead atoms. The van der Waals surface area contributed by atoms with Gasteiger partial charge in [-0.25, -0.2) is 57.7 Å². The summed E-state index contributed by atoms with van der Waals surface area (Å²) in [6.07, 6.45) is 12.0. The van der Waals surface area contributed by atoms with Crippen LogP contribution in [0.4, 0.5) is 26.4 Å². The van der Waals surface area contributed by atoms with Crippen LogP contribution in [0.5, 0.6) is 0 Å². The smallest absolute Gasteiger partial charge is 0.225 e. The van der Waals surface area contributed by atoms with Crippen molar-refractivity contribution in [3.63, 3.8) is 0 Å². The molecule has 3 N–H and O–H groups in total. The van der Waals surface area contributed by atoms with Crippen molar-refractivity contribution in [3.8, 4) is 45.6 Å². The maximum atomic E-state index is 14.0. The molecule has 4 aliphatic rings. The minimum Gasteiger partial charge on any atom is -0.392 e. The predicted molar refractivity (Wildman–Crippen MR) is 297 cm³/mol. The highest BCUT2D eigenvalue weighted by molar-refractivity contribution is 6.28. The summed E-state index contributed by atoms with van der Waals surface area (Å²) in [6.45, 7) is 4.74. The minimum absolute atomic E-state index is 0.0648. The van der Waals surface area contributed by atoms with Crippen LogP contribution in [-0.2, 0) is 0 Å². The van der Waals surface area contributed by atoms with E-state index in [0.717, 1.165) is 116 Å². The lowest BCUT2D eigenvalue weighted by atomic mass is 10.0. The zero-order chi connectivity index (χ0) is 53.8. The predicted octanol–water partition coefficient (Wildman–Crippen LogP) is 9.02. The zero-order valence-electron chi connectivity index (χ0n) is 42.9. The first-order valence-corrected chi connectivity index (χ1v) is 26.9. The van der Waals surface area contributed by atoms with Crippen molar-refractivity contribution in [2.24, 2.45) is 0 Å². The molecule has 14 rings (SSSR count). The molecule has 4 aliphatic heterocycles. The van der Waals surface area contributed by atoms with Gasteiger partial charge in [-0.3, -0.25) is 0 Å². The fourth-order valence-corrected chi connectivity index (χ4v) is 10.9. The van der Waals surface area contributed by atoms with Crippen molar-refractivity contribution < 1.29 is 19.0 Å². The van der Waals surface area contributed by atoms with Crippen molar-refractivity contribution >= 4 is 40.5 Å². The van der Waals surface area contributed by atoms with Gasteiger partial charge in [0.15, 0.2) is 11.3 Å². The van der Waals surface area contributed by atoms with Crippen LogP contribution in [0.25, 0.3) is 56.8 Å². The second-order valence-corrected chi connectivity index (χ2v) is 20.2. The summed E-state index contributed by atoms with van der Waals surface area (Å²) < 4.78 is 31.4. The van der Waals surface area contributed by atoms with Crippen molar-refractivity contribution in [3.05, 3.63) is 174 Å². The van der Waals surface area contributed by atoms with Gasteiger partial charge in [0.05, 0.1) is 70.8 Å². The lowest BCUT2D eigenvalue weighted by Gasteiger charge is -2.26. The average Bonchev–Trinajstić information content (AvgIpc) is 4.48. The molecule has 12 heterocycles. The monoisotopic (exact) mass is 1080 g/mol. The number of aliphatic hydroxyl groups is 2. The van der Waals surface area contributed by atoms with E-state index >= 15 is 0 Å². The van der Waals surface area contributed by atoms with Gasteiger partial charge >= 0.3 is 0 Å². The molecule has 4 fully saturated rings. The van der Waals surface area contributed by atoms with E-state index in [-0.39, 0.29) is 41.2 Å². The maximum Gasteiger partial charge on any atom is 0.225 e. The van der Waals surface area contributed by atoms with Gasteiger partial charge < -0.3 is 30.2 Å². The lowest BCUT2D eigenvalue weighted by Crippen LogP contribution is -2.24. The largest absolute Gasteiger partial charge is 0.392 e. The number of hydrogen-bond donors (Lipinski definition) is 3. The Kier molecular flexibility index (Phi) is 14.9. The van der Waals surface area contributed by atoms with Gasteiger partial charge in [0, 0.05) is 45.1 Å². The number of nitrogens with one attached hydrogen (secondary N) is 1. The molecule has 2 aromatic carbocycles. The number of aromatic nitrogens is 12. The molecule has 0 amide bonds.